The van der Waals surface area contributed by atoms with Gasteiger partial charge in [0.05, 0.1) is 0 Å². The van der Waals surface area contributed by atoms with Crippen molar-refractivity contribution < 1.29 is 19.5 Å². The number of carbonyl (C=O) groups is 1. The summed E-state index contributed by atoms with van der Waals surface area (Å²) in [6.45, 7) is 1.46. The molecule has 0 aromatic carbocycles. The lowest BCUT2D eigenvalue weighted by molar-refractivity contribution is 0.0684. The minimum Gasteiger partial charge on any atom is -0.476 e. The second kappa shape index (κ2) is 2.71. The lowest BCUT2D eigenvalue weighted by Gasteiger charge is -1.92. The van der Waals surface area contributed by atoms with Gasteiger partial charge in [0.1, 0.15) is 6.10 Å². The average molecular weight is 157 g/mol. The van der Waals surface area contributed by atoms with Gasteiger partial charge in [0.2, 0.25) is 0 Å². The minimum absolute atomic E-state index is 0.155. The Morgan fingerprint density at radius 3 is 2.73 bits per heavy atom. The molecule has 5 heteroatoms. The molecule has 1 aromatic rings. The molecule has 1 unspecified atom stereocenters. The zero-order chi connectivity index (χ0) is 8.43. The molecule has 0 fully saturated rings. The van der Waals surface area contributed by atoms with Crippen LogP contribution in [0.2, 0.25) is 0 Å². The SMILES string of the molecule is CC(O)c1cc(C(=O)O)no1. The second-order valence-corrected chi connectivity index (χ2v) is 2.10. The van der Waals surface area contributed by atoms with Crippen LogP contribution in [-0.2, 0) is 0 Å². The van der Waals surface area contributed by atoms with Crippen molar-refractivity contribution in [3.63, 3.8) is 0 Å². The molecular weight excluding hydrogens is 150 g/mol. The third-order valence-corrected chi connectivity index (χ3v) is 1.16. The lowest BCUT2D eigenvalue weighted by Crippen LogP contribution is -1.95. The van der Waals surface area contributed by atoms with E-state index in [1.54, 1.807) is 0 Å². The molecule has 0 saturated heterocycles. The summed E-state index contributed by atoms with van der Waals surface area (Å²) in [6, 6.07) is 1.19. The Morgan fingerprint density at radius 1 is 1.82 bits per heavy atom. The summed E-state index contributed by atoms with van der Waals surface area (Å²) in [5.74, 6) is -1.01. The van der Waals surface area contributed by atoms with E-state index in [1.807, 2.05) is 0 Å². The Bertz CT molecular complexity index is 265. The number of hydrogen-bond acceptors (Lipinski definition) is 4. The van der Waals surface area contributed by atoms with Crippen molar-refractivity contribution in [2.45, 2.75) is 13.0 Å². The zero-order valence-corrected chi connectivity index (χ0v) is 5.81. The number of carboxylic acids is 1. The fraction of sp³-hybridized carbons (Fsp3) is 0.333. The van der Waals surface area contributed by atoms with E-state index < -0.39 is 12.1 Å². The van der Waals surface area contributed by atoms with E-state index in [1.165, 1.54) is 13.0 Å². The Morgan fingerprint density at radius 2 is 2.45 bits per heavy atom. The molecule has 0 saturated carbocycles. The molecule has 0 amide bonds. The first-order valence-electron chi connectivity index (χ1n) is 2.99. The van der Waals surface area contributed by atoms with Gasteiger partial charge in [-0.25, -0.2) is 4.79 Å². The van der Waals surface area contributed by atoms with Crippen LogP contribution >= 0.6 is 0 Å². The second-order valence-electron chi connectivity index (χ2n) is 2.10. The van der Waals surface area contributed by atoms with Crippen LogP contribution in [0.25, 0.3) is 0 Å². The van der Waals surface area contributed by atoms with E-state index in [-0.39, 0.29) is 11.5 Å². The van der Waals surface area contributed by atoms with Gasteiger partial charge >= 0.3 is 5.97 Å². The smallest absolute Gasteiger partial charge is 0.358 e. The third-order valence-electron chi connectivity index (χ3n) is 1.16. The van der Waals surface area contributed by atoms with E-state index in [0.29, 0.717) is 0 Å². The van der Waals surface area contributed by atoms with Gasteiger partial charge in [-0.15, -0.1) is 0 Å². The number of carboxylic acid groups (broad SMARTS) is 1. The van der Waals surface area contributed by atoms with E-state index in [9.17, 15) is 4.79 Å². The maximum atomic E-state index is 10.2. The molecule has 1 atom stereocenters. The van der Waals surface area contributed by atoms with Gasteiger partial charge in [0.25, 0.3) is 0 Å². The van der Waals surface area contributed by atoms with E-state index in [0.717, 1.165) is 0 Å². The van der Waals surface area contributed by atoms with Gasteiger partial charge in [-0.1, -0.05) is 5.16 Å². The molecule has 1 rings (SSSR count). The highest BCUT2D eigenvalue weighted by atomic mass is 16.5. The monoisotopic (exact) mass is 157 g/mol. The van der Waals surface area contributed by atoms with Gasteiger partial charge < -0.3 is 14.7 Å². The molecule has 0 bridgehead atoms. The van der Waals surface area contributed by atoms with E-state index >= 15 is 0 Å². The molecule has 0 aliphatic carbocycles. The van der Waals surface area contributed by atoms with Crippen molar-refractivity contribution in [2.75, 3.05) is 0 Å². The van der Waals surface area contributed by atoms with E-state index in [2.05, 4.69) is 9.68 Å². The van der Waals surface area contributed by atoms with Crippen molar-refractivity contribution in [1.82, 2.24) is 5.16 Å². The average Bonchev–Trinajstić information content (AvgIpc) is 2.33. The minimum atomic E-state index is -1.17. The molecule has 0 aliphatic heterocycles. The number of aliphatic hydroxyl groups excluding tert-OH is 1. The van der Waals surface area contributed by atoms with Gasteiger partial charge in [0, 0.05) is 6.07 Å². The van der Waals surface area contributed by atoms with Gasteiger partial charge in [-0.3, -0.25) is 0 Å². The fourth-order valence-electron chi connectivity index (χ4n) is 0.587. The number of nitrogens with zero attached hydrogens (tertiary/aromatic N) is 1. The molecule has 1 heterocycles. The van der Waals surface area contributed by atoms with Crippen LogP contribution in [0.5, 0.6) is 0 Å². The summed E-state index contributed by atoms with van der Waals surface area (Å²) >= 11 is 0. The first kappa shape index (κ1) is 7.74. The third kappa shape index (κ3) is 1.56. The first-order chi connectivity index (χ1) is 5.11. The predicted octanol–water partition coefficient (Wildman–Crippen LogP) is 0.426. The Balaban J connectivity index is 2.90. The molecule has 0 aliphatic rings. The first-order valence-corrected chi connectivity index (χ1v) is 2.99. The number of aromatic nitrogens is 1. The maximum absolute atomic E-state index is 10.2. The summed E-state index contributed by atoms with van der Waals surface area (Å²) in [5.41, 5.74) is -0.194. The lowest BCUT2D eigenvalue weighted by atomic mass is 10.3. The van der Waals surface area contributed by atoms with Gasteiger partial charge in [-0.05, 0) is 6.92 Å². The van der Waals surface area contributed by atoms with Crippen molar-refractivity contribution in [1.29, 1.82) is 0 Å². The number of hydrogen-bond donors (Lipinski definition) is 2. The van der Waals surface area contributed by atoms with Crippen molar-refractivity contribution in [2.24, 2.45) is 0 Å². The van der Waals surface area contributed by atoms with Crippen LogP contribution in [0, 0.1) is 0 Å². The molecule has 0 radical (unpaired) electrons. The molecule has 0 spiro atoms. The number of rotatable bonds is 2. The molecule has 5 nitrogen and oxygen atoms in total. The van der Waals surface area contributed by atoms with E-state index in [4.69, 9.17) is 10.2 Å². The number of aliphatic hydroxyl groups is 1. The summed E-state index contributed by atoms with van der Waals surface area (Å²) in [4.78, 5) is 10.2. The van der Waals surface area contributed by atoms with Crippen molar-refractivity contribution >= 4 is 5.97 Å². The molecule has 1 aromatic heterocycles. The Labute approximate surface area is 62.2 Å². The number of aromatic carboxylic acids is 1. The van der Waals surface area contributed by atoms with Crippen LogP contribution in [0.3, 0.4) is 0 Å². The summed E-state index contributed by atoms with van der Waals surface area (Å²) in [6.07, 6.45) is -0.824. The quantitative estimate of drug-likeness (QED) is 0.650. The topological polar surface area (TPSA) is 83.6 Å². The van der Waals surface area contributed by atoms with Crippen LogP contribution in [0.15, 0.2) is 10.6 Å². The zero-order valence-electron chi connectivity index (χ0n) is 5.81. The van der Waals surface area contributed by atoms with Crippen molar-refractivity contribution in [3.05, 3.63) is 17.5 Å². The van der Waals surface area contributed by atoms with Gasteiger partial charge in [0.15, 0.2) is 11.5 Å². The van der Waals surface area contributed by atoms with Crippen LogP contribution < -0.4 is 0 Å². The highest BCUT2D eigenvalue weighted by molar-refractivity contribution is 5.85. The Hall–Kier alpha value is -1.36. The maximum Gasteiger partial charge on any atom is 0.358 e. The van der Waals surface area contributed by atoms with Crippen LogP contribution in [0.4, 0.5) is 0 Å². The normalized spacial score (nSPS) is 12.9. The van der Waals surface area contributed by atoms with Crippen LogP contribution in [-0.4, -0.2) is 21.3 Å². The Kier molecular flexibility index (Phi) is 1.91. The molecule has 11 heavy (non-hydrogen) atoms. The molecule has 2 N–H and O–H groups in total. The largest absolute Gasteiger partial charge is 0.476 e. The highest BCUT2D eigenvalue weighted by Gasteiger charge is 2.13. The van der Waals surface area contributed by atoms with Crippen LogP contribution in [0.1, 0.15) is 29.3 Å². The summed E-state index contributed by atoms with van der Waals surface area (Å²) < 4.78 is 4.51. The standard InChI is InChI=1S/C6H7NO4/c1-3(8)5-2-4(6(9)10)7-11-5/h2-3,8H,1H3,(H,9,10). The van der Waals surface area contributed by atoms with Crippen molar-refractivity contribution in [3.8, 4) is 0 Å². The highest BCUT2D eigenvalue weighted by Crippen LogP contribution is 2.12. The molecule has 60 valence electrons. The molecular formula is C6H7NO4. The van der Waals surface area contributed by atoms with Gasteiger partial charge in [-0.2, -0.15) is 0 Å². The fourth-order valence-corrected chi connectivity index (χ4v) is 0.587. The summed E-state index contributed by atoms with van der Waals surface area (Å²) in [7, 11) is 0. The predicted molar refractivity (Wildman–Crippen MR) is 34.1 cm³/mol. The summed E-state index contributed by atoms with van der Waals surface area (Å²) in [5, 5.41) is 20.5.